The summed E-state index contributed by atoms with van der Waals surface area (Å²) in [5, 5.41) is 0. The van der Waals surface area contributed by atoms with Crippen molar-refractivity contribution < 1.29 is 9.13 Å². The summed E-state index contributed by atoms with van der Waals surface area (Å²) in [6.45, 7) is 4.49. The fourth-order valence-electron chi connectivity index (χ4n) is 2.23. The monoisotopic (exact) mass is 237 g/mol. The number of nitrogens with zero attached hydrogens (tertiary/aromatic N) is 1. The molecule has 0 N–H and O–H groups in total. The van der Waals surface area contributed by atoms with Gasteiger partial charge in [-0.3, -0.25) is 9.29 Å². The molecule has 1 unspecified atom stereocenters. The van der Waals surface area contributed by atoms with E-state index in [4.69, 9.17) is 4.74 Å². The van der Waals surface area contributed by atoms with Crippen molar-refractivity contribution in [2.75, 3.05) is 26.4 Å². The van der Waals surface area contributed by atoms with Gasteiger partial charge < -0.3 is 4.74 Å². The molecule has 0 spiro atoms. The lowest BCUT2D eigenvalue weighted by Crippen LogP contribution is -2.35. The largest absolute Gasteiger partial charge is 0.492 e. The molecule has 2 atom stereocenters. The second-order valence-electron chi connectivity index (χ2n) is 4.78. The van der Waals surface area contributed by atoms with Crippen LogP contribution in [0.15, 0.2) is 30.3 Å². The highest BCUT2D eigenvalue weighted by Gasteiger charge is 2.26. The molecular formula is C14H20FNO. The zero-order chi connectivity index (χ0) is 12.1. The van der Waals surface area contributed by atoms with E-state index in [1.807, 2.05) is 30.3 Å². The van der Waals surface area contributed by atoms with Crippen molar-refractivity contribution in [2.45, 2.75) is 19.4 Å². The highest BCUT2D eigenvalue weighted by Crippen LogP contribution is 2.19. The normalized spacial score (nSPS) is 22.6. The summed E-state index contributed by atoms with van der Waals surface area (Å²) in [5.41, 5.74) is 0. The van der Waals surface area contributed by atoms with Crippen molar-refractivity contribution in [1.29, 1.82) is 0 Å². The molecule has 1 saturated heterocycles. The van der Waals surface area contributed by atoms with Crippen LogP contribution in [0.3, 0.4) is 0 Å². The van der Waals surface area contributed by atoms with E-state index in [2.05, 4.69) is 11.8 Å². The third-order valence-corrected chi connectivity index (χ3v) is 3.39. The maximum absolute atomic E-state index is 12.5. The minimum Gasteiger partial charge on any atom is -0.492 e. The predicted octanol–water partition coefficient (Wildman–Crippen LogP) is 2.75. The molecule has 0 aromatic heterocycles. The first-order valence-electron chi connectivity index (χ1n) is 6.27. The van der Waals surface area contributed by atoms with Crippen molar-refractivity contribution in [2.24, 2.45) is 5.92 Å². The Morgan fingerprint density at radius 2 is 2.18 bits per heavy atom. The number of hydrogen-bond donors (Lipinski definition) is 0. The fraction of sp³-hybridized carbons (Fsp3) is 0.571. The highest BCUT2D eigenvalue weighted by atomic mass is 19.1. The topological polar surface area (TPSA) is 12.5 Å². The van der Waals surface area contributed by atoms with Crippen LogP contribution in [-0.4, -0.2) is 37.3 Å². The molecule has 1 fully saturated rings. The minimum absolute atomic E-state index is 0.192. The standard InChI is InChI=1S/C14H20FNO/c1-12(16-8-7-13(9-15)10-16)11-17-14-5-3-2-4-6-14/h2-6,12-13H,7-11H2,1H3/t12?,13-/m0/s1. The summed E-state index contributed by atoms with van der Waals surface area (Å²) in [7, 11) is 0. The quantitative estimate of drug-likeness (QED) is 0.780. The number of likely N-dealkylation sites (tertiary alicyclic amines) is 1. The average molecular weight is 237 g/mol. The van der Waals surface area contributed by atoms with E-state index < -0.39 is 0 Å². The van der Waals surface area contributed by atoms with E-state index >= 15 is 0 Å². The van der Waals surface area contributed by atoms with Crippen molar-refractivity contribution in [3.8, 4) is 5.75 Å². The van der Waals surface area contributed by atoms with Crippen molar-refractivity contribution in [1.82, 2.24) is 4.90 Å². The van der Waals surface area contributed by atoms with Crippen LogP contribution in [0.25, 0.3) is 0 Å². The smallest absolute Gasteiger partial charge is 0.119 e. The van der Waals surface area contributed by atoms with Gasteiger partial charge in [0.1, 0.15) is 12.4 Å². The van der Waals surface area contributed by atoms with Crippen LogP contribution in [0.2, 0.25) is 0 Å². The van der Waals surface area contributed by atoms with E-state index in [1.54, 1.807) is 0 Å². The molecule has 2 nitrogen and oxygen atoms in total. The zero-order valence-electron chi connectivity index (χ0n) is 10.3. The molecule has 1 aliphatic heterocycles. The minimum atomic E-state index is -0.192. The van der Waals surface area contributed by atoms with Crippen molar-refractivity contribution in [3.63, 3.8) is 0 Å². The van der Waals surface area contributed by atoms with Gasteiger partial charge in [-0.15, -0.1) is 0 Å². The third-order valence-electron chi connectivity index (χ3n) is 3.39. The Labute approximate surface area is 102 Å². The molecule has 0 saturated carbocycles. The Bertz CT molecular complexity index is 330. The second-order valence-corrected chi connectivity index (χ2v) is 4.78. The molecule has 0 amide bonds. The number of para-hydroxylation sites is 1. The first-order valence-corrected chi connectivity index (χ1v) is 6.27. The number of benzene rings is 1. The summed E-state index contributed by atoms with van der Waals surface area (Å²) in [5.74, 6) is 1.13. The SMILES string of the molecule is CC(COc1ccccc1)N1CC[C@@H](CF)C1. The van der Waals surface area contributed by atoms with E-state index in [-0.39, 0.29) is 12.6 Å². The summed E-state index contributed by atoms with van der Waals surface area (Å²) in [6, 6.07) is 10.2. The van der Waals surface area contributed by atoms with Gasteiger partial charge in [-0.25, -0.2) is 0 Å². The van der Waals surface area contributed by atoms with Crippen LogP contribution >= 0.6 is 0 Å². The van der Waals surface area contributed by atoms with Crippen LogP contribution in [0.5, 0.6) is 5.75 Å². The Balaban J connectivity index is 1.76. The van der Waals surface area contributed by atoms with Gasteiger partial charge in [0.05, 0.1) is 6.67 Å². The van der Waals surface area contributed by atoms with Gasteiger partial charge in [0.2, 0.25) is 0 Å². The second kappa shape index (κ2) is 6.01. The Hall–Kier alpha value is -1.09. The van der Waals surface area contributed by atoms with Crippen LogP contribution in [-0.2, 0) is 0 Å². The van der Waals surface area contributed by atoms with Crippen LogP contribution in [0.1, 0.15) is 13.3 Å². The fourth-order valence-corrected chi connectivity index (χ4v) is 2.23. The molecule has 0 radical (unpaired) electrons. The van der Waals surface area contributed by atoms with Gasteiger partial charge in [0.15, 0.2) is 0 Å². The highest BCUT2D eigenvalue weighted by molar-refractivity contribution is 5.20. The molecular weight excluding hydrogens is 217 g/mol. The van der Waals surface area contributed by atoms with E-state index in [0.717, 1.165) is 25.3 Å². The number of hydrogen-bond acceptors (Lipinski definition) is 2. The molecule has 1 heterocycles. The van der Waals surface area contributed by atoms with Crippen LogP contribution < -0.4 is 4.74 Å². The Morgan fingerprint density at radius 1 is 1.41 bits per heavy atom. The molecule has 1 aromatic carbocycles. The molecule has 1 aliphatic rings. The number of ether oxygens (including phenoxy) is 1. The maximum atomic E-state index is 12.5. The average Bonchev–Trinajstić information content (AvgIpc) is 2.86. The molecule has 0 bridgehead atoms. The lowest BCUT2D eigenvalue weighted by atomic mass is 10.1. The van der Waals surface area contributed by atoms with Gasteiger partial charge >= 0.3 is 0 Å². The van der Waals surface area contributed by atoms with Gasteiger partial charge in [-0.05, 0) is 32.0 Å². The van der Waals surface area contributed by atoms with E-state index in [1.165, 1.54) is 0 Å². The number of alkyl halides is 1. The first kappa shape index (κ1) is 12.4. The van der Waals surface area contributed by atoms with Crippen molar-refractivity contribution >= 4 is 0 Å². The summed E-state index contributed by atoms with van der Waals surface area (Å²) < 4.78 is 18.2. The molecule has 94 valence electrons. The molecule has 0 aliphatic carbocycles. The predicted molar refractivity (Wildman–Crippen MR) is 67.1 cm³/mol. The van der Waals surface area contributed by atoms with Gasteiger partial charge in [0.25, 0.3) is 0 Å². The first-order chi connectivity index (χ1) is 8.29. The Morgan fingerprint density at radius 3 is 2.82 bits per heavy atom. The summed E-state index contributed by atoms with van der Waals surface area (Å²) in [6.07, 6.45) is 0.978. The van der Waals surface area contributed by atoms with Gasteiger partial charge in [-0.1, -0.05) is 18.2 Å². The summed E-state index contributed by atoms with van der Waals surface area (Å²) >= 11 is 0. The van der Waals surface area contributed by atoms with Crippen LogP contribution in [0.4, 0.5) is 4.39 Å². The lowest BCUT2D eigenvalue weighted by molar-refractivity contribution is 0.166. The molecule has 1 aromatic rings. The summed E-state index contributed by atoms with van der Waals surface area (Å²) in [4.78, 5) is 2.31. The number of rotatable bonds is 5. The molecule has 17 heavy (non-hydrogen) atoms. The van der Waals surface area contributed by atoms with Gasteiger partial charge in [0, 0.05) is 18.5 Å². The molecule has 3 heteroatoms. The molecule has 2 rings (SSSR count). The van der Waals surface area contributed by atoms with Crippen LogP contribution in [0, 0.1) is 5.92 Å². The van der Waals surface area contributed by atoms with Crippen molar-refractivity contribution in [3.05, 3.63) is 30.3 Å². The maximum Gasteiger partial charge on any atom is 0.119 e. The Kier molecular flexibility index (Phi) is 4.37. The third kappa shape index (κ3) is 3.43. The van der Waals surface area contributed by atoms with E-state index in [9.17, 15) is 4.39 Å². The lowest BCUT2D eigenvalue weighted by Gasteiger charge is -2.24. The van der Waals surface area contributed by atoms with E-state index in [0.29, 0.717) is 12.6 Å². The van der Waals surface area contributed by atoms with Gasteiger partial charge in [-0.2, -0.15) is 0 Å². The zero-order valence-corrected chi connectivity index (χ0v) is 10.3. The number of halogens is 1.